The minimum Gasteiger partial charge on any atom is -0.299 e. The van der Waals surface area contributed by atoms with Crippen LogP contribution in [0.2, 0.25) is 5.02 Å². The Bertz CT molecular complexity index is 391. The van der Waals surface area contributed by atoms with E-state index in [0.717, 1.165) is 29.0 Å². The number of halogens is 1. The second-order valence-corrected chi connectivity index (χ2v) is 4.53. The number of hydrogen-bond donors (Lipinski definition) is 0. The molecular weight excluding hydrogens is 196 g/mol. The number of ketones is 1. The van der Waals surface area contributed by atoms with Gasteiger partial charge in [-0.25, -0.2) is 0 Å². The zero-order chi connectivity index (χ0) is 10.3. The first-order chi connectivity index (χ1) is 6.56. The molecular formula is C12H13ClO. The molecule has 0 N–H and O–H groups in total. The van der Waals surface area contributed by atoms with Crippen LogP contribution in [0.5, 0.6) is 0 Å². The Balaban J connectivity index is 2.47. The Hall–Kier alpha value is -0.820. The first kappa shape index (κ1) is 9.72. The number of Topliss-reactive ketones (excluding diaryl/α,β-unsaturated/α-hetero) is 1. The van der Waals surface area contributed by atoms with Crippen molar-refractivity contribution in [3.63, 3.8) is 0 Å². The van der Waals surface area contributed by atoms with Gasteiger partial charge in [0.25, 0.3) is 0 Å². The number of benzene rings is 1. The number of carbonyl (C=O) groups excluding carboxylic acids is 1. The van der Waals surface area contributed by atoms with Crippen LogP contribution >= 0.6 is 11.6 Å². The molecule has 1 aliphatic carbocycles. The Morgan fingerprint density at radius 2 is 2.07 bits per heavy atom. The third-order valence-corrected chi connectivity index (χ3v) is 3.36. The molecule has 0 aliphatic heterocycles. The van der Waals surface area contributed by atoms with E-state index in [1.165, 1.54) is 0 Å². The number of hydrogen-bond acceptors (Lipinski definition) is 1. The van der Waals surface area contributed by atoms with Crippen molar-refractivity contribution in [1.82, 2.24) is 0 Å². The Morgan fingerprint density at radius 3 is 2.50 bits per heavy atom. The predicted octanol–water partition coefficient (Wildman–Crippen LogP) is 3.27. The van der Waals surface area contributed by atoms with E-state index >= 15 is 0 Å². The third kappa shape index (κ3) is 1.36. The molecule has 0 amide bonds. The molecule has 0 heterocycles. The average molecular weight is 209 g/mol. The maximum absolute atomic E-state index is 11.5. The summed E-state index contributed by atoms with van der Waals surface area (Å²) < 4.78 is 0. The van der Waals surface area contributed by atoms with Crippen molar-refractivity contribution in [2.75, 3.05) is 0 Å². The predicted molar refractivity (Wildman–Crippen MR) is 57.8 cm³/mol. The molecule has 1 nitrogen and oxygen atoms in total. The number of aryl methyl sites for hydroxylation is 1. The monoisotopic (exact) mass is 208 g/mol. The zero-order valence-corrected chi connectivity index (χ0v) is 9.19. The van der Waals surface area contributed by atoms with E-state index in [-0.39, 0.29) is 11.2 Å². The van der Waals surface area contributed by atoms with Crippen LogP contribution < -0.4 is 0 Å². The number of carbonyl (C=O) groups is 1. The summed E-state index contributed by atoms with van der Waals surface area (Å²) in [6.45, 7) is 3.70. The lowest BCUT2D eigenvalue weighted by atomic mass is 9.89. The molecule has 1 aliphatic rings. The van der Waals surface area contributed by atoms with Gasteiger partial charge in [0, 0.05) is 5.02 Å². The van der Waals surface area contributed by atoms with Gasteiger partial charge in [-0.15, -0.1) is 0 Å². The third-order valence-electron chi connectivity index (χ3n) is 3.13. The van der Waals surface area contributed by atoms with Crippen molar-refractivity contribution in [1.29, 1.82) is 0 Å². The van der Waals surface area contributed by atoms with Gasteiger partial charge in [0.15, 0.2) is 0 Å². The highest BCUT2D eigenvalue weighted by atomic mass is 35.5. The maximum Gasteiger partial charge on any atom is 0.140 e. The smallest absolute Gasteiger partial charge is 0.140 e. The van der Waals surface area contributed by atoms with Crippen LogP contribution in [0.25, 0.3) is 0 Å². The van der Waals surface area contributed by atoms with Crippen LogP contribution in [-0.4, -0.2) is 5.78 Å². The van der Waals surface area contributed by atoms with E-state index in [9.17, 15) is 4.79 Å². The van der Waals surface area contributed by atoms with Crippen molar-refractivity contribution in [2.24, 2.45) is 0 Å². The van der Waals surface area contributed by atoms with E-state index in [1.54, 1.807) is 6.92 Å². The molecule has 0 radical (unpaired) electrons. The average Bonchev–Trinajstić information content (AvgIpc) is 2.84. The molecule has 74 valence electrons. The number of rotatable bonds is 2. The second kappa shape index (κ2) is 3.09. The highest BCUT2D eigenvalue weighted by molar-refractivity contribution is 6.30. The fourth-order valence-electron chi connectivity index (χ4n) is 2.10. The second-order valence-electron chi connectivity index (χ2n) is 4.10. The molecule has 0 spiro atoms. The van der Waals surface area contributed by atoms with Gasteiger partial charge in [-0.1, -0.05) is 17.7 Å². The summed E-state index contributed by atoms with van der Waals surface area (Å²) in [5, 5.41) is 0.741. The minimum absolute atomic E-state index is 0.172. The highest BCUT2D eigenvalue weighted by Crippen LogP contribution is 2.50. The standard InChI is InChI=1S/C12H13ClO/c1-8-7-10(13)3-4-11(8)12(5-6-12)9(2)14/h3-4,7H,5-6H2,1-2H3. The lowest BCUT2D eigenvalue weighted by Crippen LogP contribution is -2.18. The Morgan fingerprint density at radius 1 is 1.43 bits per heavy atom. The van der Waals surface area contributed by atoms with Crippen LogP contribution in [0.15, 0.2) is 18.2 Å². The van der Waals surface area contributed by atoms with Gasteiger partial charge in [0.1, 0.15) is 5.78 Å². The van der Waals surface area contributed by atoms with E-state index in [0.29, 0.717) is 0 Å². The fraction of sp³-hybridized carbons (Fsp3) is 0.417. The van der Waals surface area contributed by atoms with E-state index in [2.05, 4.69) is 0 Å². The molecule has 14 heavy (non-hydrogen) atoms. The minimum atomic E-state index is -0.172. The van der Waals surface area contributed by atoms with E-state index in [4.69, 9.17) is 11.6 Å². The molecule has 1 aromatic rings. The van der Waals surface area contributed by atoms with Gasteiger partial charge in [-0.3, -0.25) is 4.79 Å². The Kier molecular flexibility index (Phi) is 2.15. The molecule has 0 unspecified atom stereocenters. The lowest BCUT2D eigenvalue weighted by Gasteiger charge is -2.14. The lowest BCUT2D eigenvalue weighted by molar-refractivity contribution is -0.119. The Labute approximate surface area is 89.1 Å². The zero-order valence-electron chi connectivity index (χ0n) is 8.43. The van der Waals surface area contributed by atoms with Crippen LogP contribution in [0.3, 0.4) is 0 Å². The van der Waals surface area contributed by atoms with Crippen molar-refractivity contribution in [3.8, 4) is 0 Å². The first-order valence-electron chi connectivity index (χ1n) is 4.84. The van der Waals surface area contributed by atoms with Crippen molar-refractivity contribution in [3.05, 3.63) is 34.3 Å². The summed E-state index contributed by atoms with van der Waals surface area (Å²) in [7, 11) is 0. The fourth-order valence-corrected chi connectivity index (χ4v) is 2.33. The van der Waals surface area contributed by atoms with Gasteiger partial charge in [-0.05, 0) is 49.9 Å². The topological polar surface area (TPSA) is 17.1 Å². The molecule has 1 aromatic carbocycles. The van der Waals surface area contributed by atoms with Gasteiger partial charge < -0.3 is 0 Å². The largest absolute Gasteiger partial charge is 0.299 e. The van der Waals surface area contributed by atoms with Crippen LogP contribution in [-0.2, 0) is 10.2 Å². The molecule has 1 fully saturated rings. The van der Waals surface area contributed by atoms with E-state index in [1.807, 2.05) is 25.1 Å². The first-order valence-corrected chi connectivity index (χ1v) is 5.22. The SMILES string of the molecule is CC(=O)C1(c2ccc(Cl)cc2C)CC1. The summed E-state index contributed by atoms with van der Waals surface area (Å²) in [6, 6.07) is 5.79. The van der Waals surface area contributed by atoms with Crippen molar-refractivity contribution >= 4 is 17.4 Å². The quantitative estimate of drug-likeness (QED) is 0.729. The summed E-state index contributed by atoms with van der Waals surface area (Å²) in [6.07, 6.45) is 1.98. The molecule has 2 heteroatoms. The van der Waals surface area contributed by atoms with Gasteiger partial charge in [0.2, 0.25) is 0 Å². The van der Waals surface area contributed by atoms with Gasteiger partial charge in [-0.2, -0.15) is 0 Å². The van der Waals surface area contributed by atoms with Crippen molar-refractivity contribution in [2.45, 2.75) is 32.1 Å². The normalized spacial score (nSPS) is 17.9. The van der Waals surface area contributed by atoms with E-state index < -0.39 is 0 Å². The van der Waals surface area contributed by atoms with Crippen molar-refractivity contribution < 1.29 is 4.79 Å². The molecule has 0 aromatic heterocycles. The highest BCUT2D eigenvalue weighted by Gasteiger charge is 2.49. The summed E-state index contributed by atoms with van der Waals surface area (Å²) in [5.74, 6) is 0.280. The molecule has 2 rings (SSSR count). The van der Waals surface area contributed by atoms with Gasteiger partial charge in [0.05, 0.1) is 5.41 Å². The van der Waals surface area contributed by atoms with Crippen LogP contribution in [0.4, 0.5) is 0 Å². The summed E-state index contributed by atoms with van der Waals surface area (Å²) in [5.41, 5.74) is 2.12. The molecule has 1 saturated carbocycles. The molecule has 0 atom stereocenters. The summed E-state index contributed by atoms with van der Waals surface area (Å²) >= 11 is 5.88. The molecule has 0 bridgehead atoms. The molecule has 0 saturated heterocycles. The van der Waals surface area contributed by atoms with Crippen LogP contribution in [0.1, 0.15) is 30.9 Å². The van der Waals surface area contributed by atoms with Gasteiger partial charge >= 0.3 is 0 Å². The summed E-state index contributed by atoms with van der Waals surface area (Å²) in [4.78, 5) is 11.5. The van der Waals surface area contributed by atoms with Crippen LogP contribution in [0, 0.1) is 6.92 Å². The maximum atomic E-state index is 11.5.